The van der Waals surface area contributed by atoms with Gasteiger partial charge >= 0.3 is 0 Å². The lowest BCUT2D eigenvalue weighted by Crippen LogP contribution is -2.27. The summed E-state index contributed by atoms with van der Waals surface area (Å²) >= 11 is 3.73. The molecule has 0 N–H and O–H groups in total. The lowest BCUT2D eigenvalue weighted by atomic mass is 9.94. The summed E-state index contributed by atoms with van der Waals surface area (Å²) in [6.45, 7) is 2.32. The first-order valence-corrected chi connectivity index (χ1v) is 18.4. The van der Waals surface area contributed by atoms with Crippen LogP contribution in [0.1, 0.15) is 35.7 Å². The number of hydrogen-bond donors (Lipinski definition) is 0. The lowest BCUT2D eigenvalue weighted by Gasteiger charge is -2.40. The molecule has 0 amide bonds. The van der Waals surface area contributed by atoms with E-state index in [9.17, 15) is 0 Å². The van der Waals surface area contributed by atoms with Crippen molar-refractivity contribution in [1.29, 1.82) is 0 Å². The molecule has 1 atom stereocenters. The van der Waals surface area contributed by atoms with Crippen LogP contribution in [-0.4, -0.2) is 0 Å². The third-order valence-corrected chi connectivity index (χ3v) is 11.9. The highest BCUT2D eigenvalue weighted by atomic mass is 32.2. The van der Waals surface area contributed by atoms with E-state index in [2.05, 4.69) is 193 Å². The fraction of sp³-hybridized carbons (Fsp3) is 0.0667. The number of fused-ring (bicyclic) bond motifs is 4. The van der Waals surface area contributed by atoms with Crippen LogP contribution in [0.25, 0.3) is 11.1 Å². The standard InChI is InChI=1S/C45H34N2S2/c1-31(32-15-5-2-6-16-32)46-37-21-11-13-23-41(37)48-43-27-25-35(29-39(43)46)36-26-28-44-40(30-36)47(38-22-12-14-24-42(38)49-44)45(33-17-7-3-8-18-33)34-19-9-4-10-20-34/h2-31,45H,1H3. The fourth-order valence-electron chi connectivity index (χ4n) is 7.26. The molecule has 1 unspecified atom stereocenters. The molecule has 49 heavy (non-hydrogen) atoms. The van der Waals surface area contributed by atoms with Gasteiger partial charge in [0.15, 0.2) is 0 Å². The summed E-state index contributed by atoms with van der Waals surface area (Å²) in [6.07, 6.45) is 0. The Kier molecular flexibility index (Phi) is 7.76. The highest BCUT2D eigenvalue weighted by Crippen LogP contribution is 2.55. The van der Waals surface area contributed by atoms with Crippen molar-refractivity contribution in [2.75, 3.05) is 9.80 Å². The SMILES string of the molecule is CC(c1ccccc1)N1c2ccccc2Sc2ccc(-c3ccc4c(c3)N(C(c3ccccc3)c3ccccc3)c3ccccc3S4)cc21. The number of anilines is 4. The topological polar surface area (TPSA) is 6.48 Å². The number of rotatable bonds is 6. The summed E-state index contributed by atoms with van der Waals surface area (Å²) < 4.78 is 0. The summed E-state index contributed by atoms with van der Waals surface area (Å²) in [7, 11) is 0. The van der Waals surface area contributed by atoms with Crippen molar-refractivity contribution in [3.63, 3.8) is 0 Å². The van der Waals surface area contributed by atoms with Gasteiger partial charge in [-0.05, 0) is 83.3 Å². The van der Waals surface area contributed by atoms with Gasteiger partial charge < -0.3 is 9.80 Å². The van der Waals surface area contributed by atoms with E-state index in [-0.39, 0.29) is 12.1 Å². The van der Waals surface area contributed by atoms with Crippen LogP contribution < -0.4 is 9.80 Å². The number of nitrogens with zero attached hydrogens (tertiary/aromatic N) is 2. The number of para-hydroxylation sites is 2. The van der Waals surface area contributed by atoms with E-state index in [0.29, 0.717) is 0 Å². The van der Waals surface area contributed by atoms with E-state index in [1.54, 1.807) is 0 Å². The molecule has 2 nitrogen and oxygen atoms in total. The molecular formula is C45H34N2S2. The van der Waals surface area contributed by atoms with Crippen LogP contribution in [0.4, 0.5) is 22.7 Å². The molecule has 4 heteroatoms. The van der Waals surface area contributed by atoms with Gasteiger partial charge in [0.05, 0.1) is 34.8 Å². The summed E-state index contributed by atoms with van der Waals surface area (Å²) in [4.78, 5) is 10.2. The third kappa shape index (κ3) is 5.42. The Balaban J connectivity index is 1.19. The van der Waals surface area contributed by atoms with Gasteiger partial charge in [0, 0.05) is 19.6 Å². The van der Waals surface area contributed by atoms with Crippen LogP contribution in [-0.2, 0) is 0 Å². The Morgan fingerprint density at radius 3 is 1.27 bits per heavy atom. The van der Waals surface area contributed by atoms with E-state index >= 15 is 0 Å². The van der Waals surface area contributed by atoms with E-state index < -0.39 is 0 Å². The Labute approximate surface area is 297 Å². The molecule has 7 aromatic carbocycles. The fourth-order valence-corrected chi connectivity index (χ4v) is 9.37. The van der Waals surface area contributed by atoms with Gasteiger partial charge in [-0.3, -0.25) is 0 Å². The minimum Gasteiger partial charge on any atom is -0.332 e. The summed E-state index contributed by atoms with van der Waals surface area (Å²) in [5.74, 6) is 0. The highest BCUT2D eigenvalue weighted by molar-refractivity contribution is 8.00. The lowest BCUT2D eigenvalue weighted by molar-refractivity contribution is 0.758. The zero-order valence-corrected chi connectivity index (χ0v) is 28.7. The third-order valence-electron chi connectivity index (χ3n) is 9.62. The molecule has 0 aromatic heterocycles. The molecule has 0 bridgehead atoms. The maximum atomic E-state index is 2.56. The molecular weight excluding hydrogens is 633 g/mol. The molecule has 9 rings (SSSR count). The summed E-state index contributed by atoms with van der Waals surface area (Å²) in [5, 5.41) is 0. The van der Waals surface area contributed by atoms with Crippen molar-refractivity contribution in [1.82, 2.24) is 0 Å². The van der Waals surface area contributed by atoms with Gasteiger partial charge in [0.25, 0.3) is 0 Å². The molecule has 2 heterocycles. The molecule has 0 radical (unpaired) electrons. The van der Waals surface area contributed by atoms with Crippen molar-refractivity contribution >= 4 is 46.3 Å². The highest BCUT2D eigenvalue weighted by Gasteiger charge is 2.32. The second-order valence-electron chi connectivity index (χ2n) is 12.6. The first-order chi connectivity index (χ1) is 24.2. The quantitative estimate of drug-likeness (QED) is 0.174. The van der Waals surface area contributed by atoms with E-state index in [0.717, 1.165) is 0 Å². The van der Waals surface area contributed by atoms with Gasteiger partial charge in [-0.25, -0.2) is 0 Å². The molecule has 0 spiro atoms. The van der Waals surface area contributed by atoms with Crippen LogP contribution in [0.5, 0.6) is 0 Å². The molecule has 0 saturated heterocycles. The average Bonchev–Trinajstić information content (AvgIpc) is 3.17. The predicted molar refractivity (Wildman–Crippen MR) is 207 cm³/mol. The number of hydrogen-bond acceptors (Lipinski definition) is 4. The maximum absolute atomic E-state index is 2.56. The van der Waals surface area contributed by atoms with Gasteiger partial charge in [-0.1, -0.05) is 151 Å². The zero-order chi connectivity index (χ0) is 32.7. The molecule has 0 saturated carbocycles. The predicted octanol–water partition coefficient (Wildman–Crippen LogP) is 13.1. The van der Waals surface area contributed by atoms with Crippen LogP contribution in [0, 0.1) is 0 Å². The Morgan fingerprint density at radius 1 is 0.367 bits per heavy atom. The van der Waals surface area contributed by atoms with Crippen molar-refractivity contribution in [2.24, 2.45) is 0 Å². The number of benzene rings is 7. The largest absolute Gasteiger partial charge is 0.332 e. The van der Waals surface area contributed by atoms with Gasteiger partial charge in [-0.15, -0.1) is 0 Å². The van der Waals surface area contributed by atoms with Crippen LogP contribution >= 0.6 is 23.5 Å². The smallest absolute Gasteiger partial charge is 0.0845 e. The first-order valence-electron chi connectivity index (χ1n) is 16.8. The average molecular weight is 667 g/mol. The Hall–Kier alpha value is -5.16. The molecule has 2 aliphatic heterocycles. The molecule has 2 aliphatic rings. The Bertz CT molecular complexity index is 2230. The van der Waals surface area contributed by atoms with Crippen LogP contribution in [0.15, 0.2) is 196 Å². The van der Waals surface area contributed by atoms with Crippen molar-refractivity contribution in [3.05, 3.63) is 193 Å². The first kappa shape index (κ1) is 29.9. The second kappa shape index (κ2) is 12.7. The van der Waals surface area contributed by atoms with Crippen LogP contribution in [0.2, 0.25) is 0 Å². The summed E-state index contributed by atoms with van der Waals surface area (Å²) in [6, 6.07) is 64.5. The zero-order valence-electron chi connectivity index (χ0n) is 27.1. The monoisotopic (exact) mass is 666 g/mol. The van der Waals surface area contributed by atoms with Crippen molar-refractivity contribution in [2.45, 2.75) is 38.6 Å². The second-order valence-corrected chi connectivity index (χ2v) is 14.7. The van der Waals surface area contributed by atoms with Gasteiger partial charge in [0.2, 0.25) is 0 Å². The van der Waals surface area contributed by atoms with Gasteiger partial charge in [-0.2, -0.15) is 0 Å². The van der Waals surface area contributed by atoms with Crippen molar-refractivity contribution < 1.29 is 0 Å². The molecule has 236 valence electrons. The minimum atomic E-state index is 0.0112. The minimum absolute atomic E-state index is 0.0112. The van der Waals surface area contributed by atoms with E-state index in [1.807, 2.05) is 23.5 Å². The normalized spacial score (nSPS) is 13.7. The molecule has 7 aromatic rings. The van der Waals surface area contributed by atoms with Gasteiger partial charge in [0.1, 0.15) is 0 Å². The maximum Gasteiger partial charge on any atom is 0.0845 e. The Morgan fingerprint density at radius 2 is 0.755 bits per heavy atom. The summed E-state index contributed by atoms with van der Waals surface area (Å²) in [5.41, 5.74) is 11.2. The van der Waals surface area contributed by atoms with Crippen molar-refractivity contribution in [3.8, 4) is 11.1 Å². The molecule has 0 aliphatic carbocycles. The van der Waals surface area contributed by atoms with E-state index in [1.165, 1.54) is 70.1 Å². The van der Waals surface area contributed by atoms with E-state index in [4.69, 9.17) is 0 Å². The van der Waals surface area contributed by atoms with Crippen LogP contribution in [0.3, 0.4) is 0 Å². The molecule has 0 fully saturated rings.